The third kappa shape index (κ3) is 2.57. The number of hydrogen-bond donors (Lipinski definition) is 1. The van der Waals surface area contributed by atoms with Gasteiger partial charge in [0.15, 0.2) is 5.65 Å². The van der Waals surface area contributed by atoms with Crippen LogP contribution in [0.3, 0.4) is 0 Å². The summed E-state index contributed by atoms with van der Waals surface area (Å²) in [6.07, 6.45) is 3.13. The van der Waals surface area contributed by atoms with E-state index in [0.717, 1.165) is 0 Å². The molecule has 2 heterocycles. The van der Waals surface area contributed by atoms with E-state index in [9.17, 15) is 14.9 Å². The molecule has 2 aromatic heterocycles. The minimum Gasteiger partial charge on any atom is -0.396 e. The highest BCUT2D eigenvalue weighted by Crippen LogP contribution is 2.23. The molecule has 0 spiro atoms. The van der Waals surface area contributed by atoms with Crippen LogP contribution in [0.15, 0.2) is 41.6 Å². The zero-order chi connectivity index (χ0) is 16.4. The van der Waals surface area contributed by atoms with Gasteiger partial charge in [-0.05, 0) is 12.5 Å². The first-order chi connectivity index (χ1) is 11.1. The Labute approximate surface area is 129 Å². The number of fused-ring (bicyclic) bond motifs is 1. The number of para-hydroxylation sites is 2. The molecule has 23 heavy (non-hydrogen) atoms. The molecule has 0 aliphatic carbocycles. The Morgan fingerprint density at radius 1 is 1.30 bits per heavy atom. The summed E-state index contributed by atoms with van der Waals surface area (Å²) in [5, 5.41) is 24.3. The van der Waals surface area contributed by atoms with Crippen LogP contribution in [0, 0.1) is 10.1 Å². The van der Waals surface area contributed by atoms with Gasteiger partial charge in [0.05, 0.1) is 17.4 Å². The number of aromatic nitrogens is 4. The summed E-state index contributed by atoms with van der Waals surface area (Å²) in [6, 6.07) is 6.12. The van der Waals surface area contributed by atoms with Crippen LogP contribution in [-0.4, -0.2) is 36.0 Å². The van der Waals surface area contributed by atoms with Crippen LogP contribution in [0.2, 0.25) is 0 Å². The average molecular weight is 315 g/mol. The van der Waals surface area contributed by atoms with Gasteiger partial charge in [-0.15, -0.1) is 0 Å². The Morgan fingerprint density at radius 2 is 2.09 bits per heavy atom. The van der Waals surface area contributed by atoms with Crippen molar-refractivity contribution in [3.63, 3.8) is 0 Å². The van der Waals surface area contributed by atoms with E-state index in [4.69, 9.17) is 5.11 Å². The van der Waals surface area contributed by atoms with Gasteiger partial charge < -0.3 is 5.11 Å². The molecule has 9 heteroatoms. The van der Waals surface area contributed by atoms with Crippen molar-refractivity contribution in [2.24, 2.45) is 0 Å². The predicted octanol–water partition coefficient (Wildman–Crippen LogP) is 0.873. The Morgan fingerprint density at radius 3 is 2.83 bits per heavy atom. The van der Waals surface area contributed by atoms with Crippen molar-refractivity contribution in [1.29, 1.82) is 0 Å². The SMILES string of the molecule is O=c1c2cnn(-c3ccccc3[N+](=O)[O-])c2ncn1CCCO. The lowest BCUT2D eigenvalue weighted by Gasteiger charge is -2.05. The third-order valence-electron chi connectivity index (χ3n) is 3.42. The van der Waals surface area contributed by atoms with Gasteiger partial charge in [-0.25, -0.2) is 9.67 Å². The Kier molecular flexibility index (Phi) is 3.85. The molecular formula is C14H13N5O4. The smallest absolute Gasteiger partial charge is 0.294 e. The Balaban J connectivity index is 2.17. The van der Waals surface area contributed by atoms with Crippen molar-refractivity contribution in [3.8, 4) is 5.69 Å². The Hall–Kier alpha value is -3.07. The van der Waals surface area contributed by atoms with Crippen LogP contribution in [0.25, 0.3) is 16.7 Å². The van der Waals surface area contributed by atoms with Crippen molar-refractivity contribution in [2.45, 2.75) is 13.0 Å². The molecule has 3 rings (SSSR count). The second-order valence-corrected chi connectivity index (χ2v) is 4.86. The molecule has 0 radical (unpaired) electrons. The summed E-state index contributed by atoms with van der Waals surface area (Å²) < 4.78 is 2.66. The highest BCUT2D eigenvalue weighted by atomic mass is 16.6. The second-order valence-electron chi connectivity index (χ2n) is 4.86. The van der Waals surface area contributed by atoms with Crippen molar-refractivity contribution in [3.05, 3.63) is 57.3 Å². The van der Waals surface area contributed by atoms with Crippen LogP contribution < -0.4 is 5.56 Å². The molecule has 0 saturated carbocycles. The van der Waals surface area contributed by atoms with E-state index in [-0.39, 0.29) is 34.6 Å². The van der Waals surface area contributed by atoms with E-state index in [1.54, 1.807) is 18.2 Å². The van der Waals surface area contributed by atoms with E-state index >= 15 is 0 Å². The zero-order valence-electron chi connectivity index (χ0n) is 12.0. The first-order valence-electron chi connectivity index (χ1n) is 6.91. The first kappa shape index (κ1) is 14.9. The van der Waals surface area contributed by atoms with Gasteiger partial charge in [0.1, 0.15) is 11.1 Å². The summed E-state index contributed by atoms with van der Waals surface area (Å²) in [4.78, 5) is 27.2. The maximum Gasteiger partial charge on any atom is 0.294 e. The first-order valence-corrected chi connectivity index (χ1v) is 6.91. The molecule has 0 bridgehead atoms. The number of nitro benzene ring substituents is 1. The maximum atomic E-state index is 12.4. The van der Waals surface area contributed by atoms with Gasteiger partial charge >= 0.3 is 0 Å². The fraction of sp³-hybridized carbons (Fsp3) is 0.214. The Bertz CT molecular complexity index is 930. The number of rotatable bonds is 5. The fourth-order valence-corrected chi connectivity index (χ4v) is 2.32. The molecule has 0 unspecified atom stereocenters. The molecule has 0 saturated heterocycles. The lowest BCUT2D eigenvalue weighted by Crippen LogP contribution is -2.21. The summed E-state index contributed by atoms with van der Waals surface area (Å²) in [5.74, 6) is 0. The van der Waals surface area contributed by atoms with E-state index in [1.807, 2.05) is 0 Å². The number of hydrogen-bond acceptors (Lipinski definition) is 6. The van der Waals surface area contributed by atoms with Crippen molar-refractivity contribution < 1.29 is 10.0 Å². The number of nitrogens with zero attached hydrogens (tertiary/aromatic N) is 5. The monoisotopic (exact) mass is 315 g/mol. The fourth-order valence-electron chi connectivity index (χ4n) is 2.32. The minimum atomic E-state index is -0.509. The number of aryl methyl sites for hydroxylation is 1. The molecule has 0 atom stereocenters. The zero-order valence-corrected chi connectivity index (χ0v) is 12.0. The van der Waals surface area contributed by atoms with Gasteiger partial charge in [0, 0.05) is 19.2 Å². The van der Waals surface area contributed by atoms with E-state index < -0.39 is 4.92 Å². The van der Waals surface area contributed by atoms with Crippen molar-refractivity contribution in [1.82, 2.24) is 19.3 Å². The predicted molar refractivity (Wildman–Crippen MR) is 81.5 cm³/mol. The molecule has 0 fully saturated rings. The molecule has 3 aromatic rings. The molecule has 9 nitrogen and oxygen atoms in total. The van der Waals surface area contributed by atoms with E-state index in [0.29, 0.717) is 13.0 Å². The molecule has 0 aliphatic rings. The molecule has 0 aliphatic heterocycles. The maximum absolute atomic E-state index is 12.4. The van der Waals surface area contributed by atoms with E-state index in [1.165, 1.54) is 27.8 Å². The quantitative estimate of drug-likeness (QED) is 0.551. The normalized spacial score (nSPS) is 11.0. The highest BCUT2D eigenvalue weighted by Gasteiger charge is 2.18. The van der Waals surface area contributed by atoms with Crippen molar-refractivity contribution in [2.75, 3.05) is 6.61 Å². The summed E-state index contributed by atoms with van der Waals surface area (Å²) in [5.41, 5.74) is 0.0779. The summed E-state index contributed by atoms with van der Waals surface area (Å²) in [7, 11) is 0. The molecular weight excluding hydrogens is 302 g/mol. The molecule has 0 amide bonds. The summed E-state index contributed by atoms with van der Waals surface area (Å²) in [6.45, 7) is 0.314. The van der Waals surface area contributed by atoms with Gasteiger partial charge in [-0.1, -0.05) is 12.1 Å². The van der Waals surface area contributed by atoms with Gasteiger partial charge in [-0.2, -0.15) is 5.10 Å². The third-order valence-corrected chi connectivity index (χ3v) is 3.42. The number of benzene rings is 1. The topological polar surface area (TPSA) is 116 Å². The van der Waals surface area contributed by atoms with Crippen LogP contribution >= 0.6 is 0 Å². The van der Waals surface area contributed by atoms with Gasteiger partial charge in [-0.3, -0.25) is 19.5 Å². The highest BCUT2D eigenvalue weighted by molar-refractivity contribution is 5.76. The van der Waals surface area contributed by atoms with Crippen LogP contribution in [0.1, 0.15) is 6.42 Å². The van der Waals surface area contributed by atoms with Crippen molar-refractivity contribution >= 4 is 16.7 Å². The average Bonchev–Trinajstić information content (AvgIpc) is 2.99. The molecule has 118 valence electrons. The van der Waals surface area contributed by atoms with E-state index in [2.05, 4.69) is 10.1 Å². The minimum absolute atomic E-state index is 0.0278. The number of aliphatic hydroxyl groups is 1. The molecule has 1 aromatic carbocycles. The number of aliphatic hydroxyl groups excluding tert-OH is 1. The van der Waals surface area contributed by atoms with Crippen LogP contribution in [0.5, 0.6) is 0 Å². The largest absolute Gasteiger partial charge is 0.396 e. The molecule has 1 N–H and O–H groups in total. The van der Waals surface area contributed by atoms with Gasteiger partial charge in [0.2, 0.25) is 0 Å². The van der Waals surface area contributed by atoms with Crippen LogP contribution in [-0.2, 0) is 6.54 Å². The lowest BCUT2D eigenvalue weighted by atomic mass is 10.2. The lowest BCUT2D eigenvalue weighted by molar-refractivity contribution is -0.384. The standard InChI is InChI=1S/C14H13N5O4/c20-7-3-6-17-9-15-13-10(14(17)21)8-16-18(13)11-4-1-2-5-12(11)19(22)23/h1-2,4-5,8-9,20H,3,6-7H2. The summed E-state index contributed by atoms with van der Waals surface area (Å²) >= 11 is 0. The van der Waals surface area contributed by atoms with Gasteiger partial charge in [0.25, 0.3) is 11.2 Å². The number of nitro groups is 1. The van der Waals surface area contributed by atoms with Crippen LogP contribution in [0.4, 0.5) is 5.69 Å². The second kappa shape index (κ2) is 5.97.